The molecule has 0 aromatic rings. The normalized spacial score (nSPS) is 7.71. The van der Waals surface area contributed by atoms with E-state index in [0.29, 0.717) is 0 Å². The van der Waals surface area contributed by atoms with Gasteiger partial charge >= 0.3 is 0 Å². The minimum Gasteiger partial charge on any atom is -0.306 e. The first-order valence-electron chi connectivity index (χ1n) is 18.0. The summed E-state index contributed by atoms with van der Waals surface area (Å²) in [7, 11) is 8.85. The largest absolute Gasteiger partial charge is 0.306 e. The van der Waals surface area contributed by atoms with E-state index >= 15 is 0 Å². The Morgan fingerprint density at radius 3 is 0.304 bits per heavy atom. The van der Waals surface area contributed by atoms with Crippen LogP contribution in [0.2, 0.25) is 0 Å². The third-order valence-corrected chi connectivity index (χ3v) is 7.15. The Balaban J connectivity index is -0.0000000157. The molecule has 0 aliphatic heterocycles. The van der Waals surface area contributed by atoms with Gasteiger partial charge in [-0.05, 0) is 132 Å². The van der Waals surface area contributed by atoms with Crippen molar-refractivity contribution in [3.8, 4) is 0 Å². The number of rotatable bonds is 24. The molecule has 0 heterocycles. The third-order valence-electron chi connectivity index (χ3n) is 7.15. The van der Waals surface area contributed by atoms with Gasteiger partial charge in [0, 0.05) is 0 Å². The highest BCUT2D eigenvalue weighted by molar-refractivity contribution is 4.52. The Morgan fingerprint density at radius 1 is 0.179 bits per heavy atom. The lowest BCUT2D eigenvalue weighted by atomic mass is 10.3. The molecule has 0 saturated carbocycles. The molecule has 0 aliphatic rings. The van der Waals surface area contributed by atoms with Gasteiger partial charge in [-0.25, -0.2) is 0 Å². The molecule has 0 spiro atoms. The fourth-order valence-electron chi connectivity index (χ4n) is 3.87. The molecule has 0 aliphatic carbocycles. The Labute approximate surface area is 376 Å². The fraction of sp³-hybridized carbons (Fsp3) is 1.00. The summed E-state index contributed by atoms with van der Waals surface area (Å²) in [5.41, 5.74) is 0. The lowest BCUT2D eigenvalue weighted by Gasteiger charge is -2.14. The van der Waals surface area contributed by atoms with Crippen molar-refractivity contribution in [3.05, 3.63) is 0 Å². The summed E-state index contributed by atoms with van der Waals surface area (Å²) in [6.45, 7) is 28.1. The van der Waals surface area contributed by atoms with Gasteiger partial charge in [0.05, 0.1) is 0 Å². The Bertz CT molecular complexity index is 289. The van der Waals surface area contributed by atoms with E-state index in [1.165, 1.54) is 155 Å². The topological polar surface area (TPSA) is 13.0 Å². The first-order valence-corrected chi connectivity index (χ1v) is 18.0. The minimum absolute atomic E-state index is 0. The van der Waals surface area contributed by atoms with Crippen LogP contribution in [0.5, 0.6) is 0 Å². The molecule has 0 rings (SSSR count). The molecular formula is C52H148N4. The summed E-state index contributed by atoms with van der Waals surface area (Å²) in [6.07, 6.45) is 21.3. The summed E-state index contributed by atoms with van der Waals surface area (Å²) >= 11 is 0. The maximum absolute atomic E-state index is 2.42. The summed E-state index contributed by atoms with van der Waals surface area (Å²) in [5.74, 6) is 0. The van der Waals surface area contributed by atoms with Gasteiger partial charge in [-0.2, -0.15) is 0 Å². The van der Waals surface area contributed by atoms with Crippen LogP contribution in [0.15, 0.2) is 0 Å². The Hall–Kier alpha value is -0.160. The highest BCUT2D eigenvalue weighted by atomic mass is 15.1. The van der Waals surface area contributed by atoms with Gasteiger partial charge in [0.25, 0.3) is 0 Å². The van der Waals surface area contributed by atoms with Crippen LogP contribution in [0.3, 0.4) is 0 Å². The van der Waals surface area contributed by atoms with Crippen LogP contribution < -0.4 is 0 Å². The van der Waals surface area contributed by atoms with E-state index in [0.717, 1.165) is 0 Å². The smallest absolute Gasteiger partial charge is 0.00219 e. The predicted octanol–water partition coefficient (Wildman–Crippen LogP) is 20.3. The SMILES string of the molecule is C.C.C.C.C.C.C.C.C.C.C.C.C.C.C.C.CCCCN(C)CCCC.CCCCN(C)CCCC.CCCCN(C)CCCC.CCCCN(C)CCCC. The second-order valence-electron chi connectivity index (χ2n) is 12.0. The Kier molecular flexibility index (Phi) is 289. The lowest BCUT2D eigenvalue weighted by molar-refractivity contribution is 0.322. The van der Waals surface area contributed by atoms with Crippen LogP contribution in [0.1, 0.15) is 277 Å². The van der Waals surface area contributed by atoms with Crippen molar-refractivity contribution in [1.82, 2.24) is 19.6 Å². The fourth-order valence-corrected chi connectivity index (χ4v) is 3.87. The molecular weight excluding hydrogens is 681 g/mol. The highest BCUT2D eigenvalue weighted by Gasteiger charge is 1.96. The van der Waals surface area contributed by atoms with Crippen LogP contribution in [-0.4, -0.2) is 100 Å². The van der Waals surface area contributed by atoms with Gasteiger partial charge in [-0.15, -0.1) is 0 Å². The maximum Gasteiger partial charge on any atom is -0.00219 e. The summed E-state index contributed by atoms with van der Waals surface area (Å²) in [6, 6.07) is 0. The van der Waals surface area contributed by atoms with Crippen molar-refractivity contribution in [2.75, 3.05) is 80.5 Å². The van der Waals surface area contributed by atoms with Crippen LogP contribution in [-0.2, 0) is 0 Å². The van der Waals surface area contributed by atoms with Crippen molar-refractivity contribution in [1.29, 1.82) is 0 Å². The van der Waals surface area contributed by atoms with Crippen LogP contribution >= 0.6 is 0 Å². The van der Waals surface area contributed by atoms with Gasteiger partial charge < -0.3 is 19.6 Å². The zero-order valence-corrected chi connectivity index (χ0v) is 30.8. The predicted molar refractivity (Wildman–Crippen MR) is 297 cm³/mol. The monoisotopic (exact) mass is 829 g/mol. The van der Waals surface area contributed by atoms with Gasteiger partial charge in [0.2, 0.25) is 0 Å². The van der Waals surface area contributed by atoms with Crippen LogP contribution in [0, 0.1) is 0 Å². The zero-order chi connectivity index (χ0) is 31.3. The maximum atomic E-state index is 2.42. The van der Waals surface area contributed by atoms with Crippen molar-refractivity contribution in [3.63, 3.8) is 0 Å². The number of unbranched alkanes of at least 4 members (excludes halogenated alkanes) is 8. The van der Waals surface area contributed by atoms with E-state index in [-0.39, 0.29) is 119 Å². The molecule has 0 bridgehead atoms. The van der Waals surface area contributed by atoms with E-state index in [4.69, 9.17) is 0 Å². The molecule has 0 fully saturated rings. The van der Waals surface area contributed by atoms with Gasteiger partial charge in [0.1, 0.15) is 0 Å². The summed E-state index contributed by atoms with van der Waals surface area (Å²) in [5, 5.41) is 0. The molecule has 0 aromatic heterocycles. The standard InChI is InChI=1S/4C9H21N.16CH4/c4*1-4-6-8-10(3)9-7-5-2;;;;;;;;;;;;;;;;/h4*4-9H2,1-3H3;16*1H4. The number of hydrogen-bond acceptors (Lipinski definition) is 4. The van der Waals surface area contributed by atoms with Crippen molar-refractivity contribution < 1.29 is 0 Å². The van der Waals surface area contributed by atoms with Crippen molar-refractivity contribution in [2.45, 2.75) is 277 Å². The molecule has 4 heteroatoms. The minimum atomic E-state index is 0. The first kappa shape index (κ1) is 131. The molecule has 0 amide bonds. The van der Waals surface area contributed by atoms with Gasteiger partial charge in [-0.1, -0.05) is 226 Å². The van der Waals surface area contributed by atoms with Crippen molar-refractivity contribution in [2.24, 2.45) is 0 Å². The Morgan fingerprint density at radius 2 is 0.250 bits per heavy atom. The zero-order valence-electron chi connectivity index (χ0n) is 30.8. The van der Waals surface area contributed by atoms with E-state index in [2.05, 4.69) is 103 Å². The molecule has 0 unspecified atom stereocenters. The second kappa shape index (κ2) is 124. The van der Waals surface area contributed by atoms with E-state index in [9.17, 15) is 0 Å². The van der Waals surface area contributed by atoms with Gasteiger partial charge in [0.15, 0.2) is 0 Å². The van der Waals surface area contributed by atoms with Crippen molar-refractivity contribution >= 4 is 0 Å². The lowest BCUT2D eigenvalue weighted by Crippen LogP contribution is -2.20. The van der Waals surface area contributed by atoms with Crippen LogP contribution in [0.4, 0.5) is 0 Å². The molecule has 0 saturated heterocycles. The van der Waals surface area contributed by atoms with E-state index in [1.807, 2.05) is 0 Å². The molecule has 0 radical (unpaired) electrons. The average Bonchev–Trinajstić information content (AvgIpc) is 2.97. The highest BCUT2D eigenvalue weighted by Crippen LogP contribution is 1.97. The first-order chi connectivity index (χ1) is 19.2. The molecule has 0 aromatic carbocycles. The molecule has 0 N–H and O–H groups in total. The van der Waals surface area contributed by atoms with E-state index in [1.54, 1.807) is 0 Å². The number of hydrogen-bond donors (Lipinski definition) is 0. The van der Waals surface area contributed by atoms with Gasteiger partial charge in [-0.3, -0.25) is 0 Å². The summed E-state index contributed by atoms with van der Waals surface area (Å²) < 4.78 is 0. The molecule has 0 atom stereocenters. The molecule has 376 valence electrons. The second-order valence-corrected chi connectivity index (χ2v) is 12.0. The quantitative estimate of drug-likeness (QED) is 0.0961. The molecule has 56 heavy (non-hydrogen) atoms. The summed E-state index contributed by atoms with van der Waals surface area (Å²) in [4.78, 5) is 9.69. The van der Waals surface area contributed by atoms with E-state index < -0.39 is 0 Å². The third kappa shape index (κ3) is 148. The van der Waals surface area contributed by atoms with Crippen LogP contribution in [0.25, 0.3) is 0 Å². The number of nitrogens with zero attached hydrogens (tertiary/aromatic N) is 4. The average molecular weight is 830 g/mol. The molecule has 4 nitrogen and oxygen atoms in total.